The van der Waals surface area contributed by atoms with Crippen molar-refractivity contribution in [3.8, 4) is 0 Å². The number of carbonyl (C=O) groups is 2. The van der Waals surface area contributed by atoms with Gasteiger partial charge in [0.2, 0.25) is 5.91 Å². The first-order valence-electron chi connectivity index (χ1n) is 7.02. The van der Waals surface area contributed by atoms with Gasteiger partial charge in [0.15, 0.2) is 0 Å². The highest BCUT2D eigenvalue weighted by Gasteiger charge is 2.22. The molecule has 0 saturated heterocycles. The lowest BCUT2D eigenvalue weighted by atomic mass is 10.1. The molecule has 0 spiro atoms. The Balaban J connectivity index is 2.11. The van der Waals surface area contributed by atoms with Gasteiger partial charge < -0.3 is 10.4 Å². The SMILES string of the molecule is CCc1ccc(NC(=O)[C@@H](C)c2nc(C)c(C(=O)O)s2)cc1. The summed E-state index contributed by atoms with van der Waals surface area (Å²) in [7, 11) is 0. The topological polar surface area (TPSA) is 79.3 Å². The van der Waals surface area contributed by atoms with Gasteiger partial charge in [0.1, 0.15) is 9.88 Å². The molecule has 0 unspecified atom stereocenters. The van der Waals surface area contributed by atoms with Crippen LogP contribution in [0.15, 0.2) is 24.3 Å². The molecule has 1 aromatic heterocycles. The minimum absolute atomic E-state index is 0.182. The standard InChI is InChI=1S/C16H18N2O3S/c1-4-11-5-7-12(8-6-11)18-14(19)9(2)15-17-10(3)13(22-15)16(20)21/h5-9H,4H2,1-3H3,(H,18,19)(H,20,21)/t9-/m1/s1. The number of amides is 1. The van der Waals surface area contributed by atoms with Gasteiger partial charge in [0.05, 0.1) is 11.6 Å². The van der Waals surface area contributed by atoms with Gasteiger partial charge in [-0.3, -0.25) is 4.79 Å². The summed E-state index contributed by atoms with van der Waals surface area (Å²) >= 11 is 1.05. The van der Waals surface area contributed by atoms with Crippen LogP contribution in [0.4, 0.5) is 5.69 Å². The number of nitrogens with zero attached hydrogens (tertiary/aromatic N) is 1. The zero-order valence-electron chi connectivity index (χ0n) is 12.7. The van der Waals surface area contributed by atoms with Crippen molar-refractivity contribution in [2.24, 2.45) is 0 Å². The van der Waals surface area contributed by atoms with Gasteiger partial charge in [-0.2, -0.15) is 0 Å². The van der Waals surface area contributed by atoms with E-state index in [1.807, 2.05) is 24.3 Å². The minimum atomic E-state index is -1.01. The number of benzene rings is 1. The zero-order valence-corrected chi connectivity index (χ0v) is 13.5. The summed E-state index contributed by atoms with van der Waals surface area (Å²) in [6, 6.07) is 7.66. The Hall–Kier alpha value is -2.21. The highest BCUT2D eigenvalue weighted by molar-refractivity contribution is 7.13. The van der Waals surface area contributed by atoms with Crippen LogP contribution < -0.4 is 5.32 Å². The Morgan fingerprint density at radius 3 is 2.45 bits per heavy atom. The fourth-order valence-electron chi connectivity index (χ4n) is 1.99. The van der Waals surface area contributed by atoms with Gasteiger partial charge in [-0.15, -0.1) is 11.3 Å². The van der Waals surface area contributed by atoms with Gasteiger partial charge in [0.25, 0.3) is 0 Å². The molecule has 0 aliphatic rings. The lowest BCUT2D eigenvalue weighted by Crippen LogP contribution is -2.18. The van der Waals surface area contributed by atoms with Crippen LogP contribution in [-0.4, -0.2) is 22.0 Å². The number of anilines is 1. The predicted molar refractivity (Wildman–Crippen MR) is 86.7 cm³/mol. The molecule has 0 aliphatic carbocycles. The molecule has 2 aromatic rings. The van der Waals surface area contributed by atoms with Crippen LogP contribution in [0.1, 0.15) is 45.7 Å². The quantitative estimate of drug-likeness (QED) is 0.885. The number of nitrogens with one attached hydrogen (secondary N) is 1. The van der Waals surface area contributed by atoms with E-state index in [-0.39, 0.29) is 10.8 Å². The number of carboxylic acid groups (broad SMARTS) is 1. The van der Waals surface area contributed by atoms with Crippen molar-refractivity contribution < 1.29 is 14.7 Å². The third-order valence-corrected chi connectivity index (χ3v) is 4.73. The number of hydrogen-bond donors (Lipinski definition) is 2. The first-order valence-corrected chi connectivity index (χ1v) is 7.84. The van der Waals surface area contributed by atoms with Crippen LogP contribution in [0.25, 0.3) is 0 Å². The highest BCUT2D eigenvalue weighted by atomic mass is 32.1. The summed E-state index contributed by atoms with van der Waals surface area (Å²) in [5.74, 6) is -1.71. The van der Waals surface area contributed by atoms with Gasteiger partial charge in [0, 0.05) is 5.69 Å². The molecule has 0 saturated carbocycles. The molecule has 0 bridgehead atoms. The number of thiazole rings is 1. The molecule has 116 valence electrons. The Labute approximate surface area is 133 Å². The first kappa shape index (κ1) is 16.2. The summed E-state index contributed by atoms with van der Waals surface area (Å²) < 4.78 is 0. The summed E-state index contributed by atoms with van der Waals surface area (Å²) in [5, 5.41) is 12.4. The number of carboxylic acids is 1. The number of aryl methyl sites for hydroxylation is 2. The molecular weight excluding hydrogens is 300 g/mol. The Morgan fingerprint density at radius 2 is 1.95 bits per heavy atom. The van der Waals surface area contributed by atoms with Gasteiger partial charge >= 0.3 is 5.97 Å². The highest BCUT2D eigenvalue weighted by Crippen LogP contribution is 2.26. The van der Waals surface area contributed by atoms with Crippen LogP contribution in [0.3, 0.4) is 0 Å². The van der Waals surface area contributed by atoms with Crippen molar-refractivity contribution in [2.45, 2.75) is 33.1 Å². The van der Waals surface area contributed by atoms with Crippen LogP contribution in [0.5, 0.6) is 0 Å². The average molecular weight is 318 g/mol. The monoisotopic (exact) mass is 318 g/mol. The van der Waals surface area contributed by atoms with E-state index in [1.54, 1.807) is 13.8 Å². The summed E-state index contributed by atoms with van der Waals surface area (Å²) in [5.41, 5.74) is 2.37. The summed E-state index contributed by atoms with van der Waals surface area (Å²) in [6.45, 7) is 5.43. The lowest BCUT2D eigenvalue weighted by molar-refractivity contribution is -0.117. The van der Waals surface area contributed by atoms with Gasteiger partial charge in [-0.1, -0.05) is 19.1 Å². The Kier molecular flexibility index (Phi) is 4.92. The number of hydrogen-bond acceptors (Lipinski definition) is 4. The third-order valence-electron chi connectivity index (χ3n) is 3.40. The van der Waals surface area contributed by atoms with Crippen molar-refractivity contribution in [1.29, 1.82) is 0 Å². The number of aromatic nitrogens is 1. The van der Waals surface area contributed by atoms with Crippen molar-refractivity contribution in [3.05, 3.63) is 45.4 Å². The first-order chi connectivity index (χ1) is 10.4. The zero-order chi connectivity index (χ0) is 16.3. The van der Waals surface area contributed by atoms with Crippen molar-refractivity contribution in [3.63, 3.8) is 0 Å². The van der Waals surface area contributed by atoms with E-state index < -0.39 is 11.9 Å². The molecule has 1 heterocycles. The van der Waals surface area contributed by atoms with Crippen LogP contribution >= 0.6 is 11.3 Å². The molecule has 2 N–H and O–H groups in total. The van der Waals surface area contributed by atoms with Crippen molar-refractivity contribution in [1.82, 2.24) is 4.98 Å². The van der Waals surface area contributed by atoms with Crippen LogP contribution in [-0.2, 0) is 11.2 Å². The largest absolute Gasteiger partial charge is 0.477 e. The van der Waals surface area contributed by atoms with Gasteiger partial charge in [-0.25, -0.2) is 9.78 Å². The maximum absolute atomic E-state index is 12.3. The number of aromatic carboxylic acids is 1. The fraction of sp³-hybridized carbons (Fsp3) is 0.312. The molecule has 1 atom stereocenters. The Morgan fingerprint density at radius 1 is 1.32 bits per heavy atom. The summed E-state index contributed by atoms with van der Waals surface area (Å²) in [6.07, 6.45) is 0.945. The number of carbonyl (C=O) groups excluding carboxylic acids is 1. The normalized spacial score (nSPS) is 12.0. The van der Waals surface area contributed by atoms with E-state index in [9.17, 15) is 9.59 Å². The van der Waals surface area contributed by atoms with E-state index in [4.69, 9.17) is 5.11 Å². The maximum atomic E-state index is 12.3. The van der Waals surface area contributed by atoms with Crippen LogP contribution in [0.2, 0.25) is 0 Å². The molecule has 0 fully saturated rings. The second-order valence-corrected chi connectivity index (χ2v) is 6.06. The van der Waals surface area contributed by atoms with Crippen molar-refractivity contribution in [2.75, 3.05) is 5.32 Å². The van der Waals surface area contributed by atoms with Crippen molar-refractivity contribution >= 4 is 28.9 Å². The third kappa shape index (κ3) is 3.51. The predicted octanol–water partition coefficient (Wildman–Crippen LogP) is 3.45. The number of rotatable bonds is 5. The fourth-order valence-corrected chi connectivity index (χ4v) is 2.94. The molecule has 0 aliphatic heterocycles. The van der Waals surface area contributed by atoms with E-state index >= 15 is 0 Å². The molecule has 6 heteroatoms. The summed E-state index contributed by atoms with van der Waals surface area (Å²) in [4.78, 5) is 27.7. The second kappa shape index (κ2) is 6.70. The lowest BCUT2D eigenvalue weighted by Gasteiger charge is -2.10. The molecule has 22 heavy (non-hydrogen) atoms. The van der Waals surface area contributed by atoms with E-state index in [2.05, 4.69) is 17.2 Å². The van der Waals surface area contributed by atoms with E-state index in [0.717, 1.165) is 23.4 Å². The maximum Gasteiger partial charge on any atom is 0.347 e. The molecule has 0 radical (unpaired) electrons. The Bertz CT molecular complexity index is 692. The minimum Gasteiger partial charge on any atom is -0.477 e. The molecule has 1 aromatic carbocycles. The van der Waals surface area contributed by atoms with E-state index in [0.29, 0.717) is 10.7 Å². The van der Waals surface area contributed by atoms with E-state index in [1.165, 1.54) is 5.56 Å². The molecule has 5 nitrogen and oxygen atoms in total. The van der Waals surface area contributed by atoms with Gasteiger partial charge in [-0.05, 0) is 38.0 Å². The molecular formula is C16H18N2O3S. The molecule has 2 rings (SSSR count). The smallest absolute Gasteiger partial charge is 0.347 e. The second-order valence-electron chi connectivity index (χ2n) is 5.03. The molecule has 1 amide bonds. The van der Waals surface area contributed by atoms with Crippen LogP contribution in [0, 0.1) is 6.92 Å². The average Bonchev–Trinajstić information content (AvgIpc) is 2.89.